The molecule has 4 heteroatoms. The summed E-state index contributed by atoms with van der Waals surface area (Å²) in [5.41, 5.74) is 1.99. The van der Waals surface area contributed by atoms with Gasteiger partial charge in [0.15, 0.2) is 0 Å². The molecule has 2 aromatic rings. The molecule has 0 aliphatic heterocycles. The first-order chi connectivity index (χ1) is 8.75. The Morgan fingerprint density at radius 1 is 0.842 bits per heavy atom. The Labute approximate surface area is 145 Å². The molecule has 0 fully saturated rings. The van der Waals surface area contributed by atoms with E-state index in [1.165, 1.54) is 4.90 Å². The van der Waals surface area contributed by atoms with Gasteiger partial charge in [0, 0.05) is 53.9 Å². The molecule has 0 spiro atoms. The van der Waals surface area contributed by atoms with Gasteiger partial charge in [-0.3, -0.25) is 4.90 Å². The third-order valence-electron chi connectivity index (χ3n) is 2.70. The van der Waals surface area contributed by atoms with Crippen LogP contribution in [-0.4, -0.2) is 16.1 Å². The zero-order valence-corrected chi connectivity index (χ0v) is 13.7. The van der Waals surface area contributed by atoms with Crippen LogP contribution < -0.4 is 0 Å². The smallest absolute Gasteiger partial charge is 0.407 e. The fourth-order valence-corrected chi connectivity index (χ4v) is 1.80. The van der Waals surface area contributed by atoms with Gasteiger partial charge in [-0.25, -0.2) is 4.79 Å². The van der Waals surface area contributed by atoms with Gasteiger partial charge in [0.05, 0.1) is 0 Å². The Morgan fingerprint density at radius 2 is 1.21 bits per heavy atom. The molecule has 0 aliphatic carbocycles. The number of amides is 1. The SMILES string of the molecule is O=C(O)N(Cc1ccccc1)Cc1ccccc1.[Nd]. The number of hydrogen-bond donors (Lipinski definition) is 1. The van der Waals surface area contributed by atoms with E-state index in [1.54, 1.807) is 0 Å². The maximum atomic E-state index is 11.2. The van der Waals surface area contributed by atoms with E-state index in [-0.39, 0.29) is 40.8 Å². The van der Waals surface area contributed by atoms with E-state index in [4.69, 9.17) is 0 Å². The first kappa shape index (κ1) is 16.1. The Kier molecular flexibility index (Phi) is 7.02. The third kappa shape index (κ3) is 5.28. The molecule has 96 valence electrons. The number of rotatable bonds is 4. The summed E-state index contributed by atoms with van der Waals surface area (Å²) in [6.45, 7) is 0.816. The summed E-state index contributed by atoms with van der Waals surface area (Å²) in [5.74, 6) is 0. The fourth-order valence-electron chi connectivity index (χ4n) is 1.80. The van der Waals surface area contributed by atoms with Crippen molar-refractivity contribution in [2.75, 3.05) is 0 Å². The van der Waals surface area contributed by atoms with E-state index in [0.717, 1.165) is 11.1 Å². The quantitative estimate of drug-likeness (QED) is 0.877. The molecule has 1 N–H and O–H groups in total. The topological polar surface area (TPSA) is 40.5 Å². The molecule has 0 bridgehead atoms. The maximum Gasteiger partial charge on any atom is 0.407 e. The summed E-state index contributed by atoms with van der Waals surface area (Å²) < 4.78 is 0. The van der Waals surface area contributed by atoms with Crippen molar-refractivity contribution in [1.29, 1.82) is 0 Å². The van der Waals surface area contributed by atoms with Gasteiger partial charge in [-0.2, -0.15) is 0 Å². The van der Waals surface area contributed by atoms with E-state index in [1.807, 2.05) is 60.7 Å². The van der Waals surface area contributed by atoms with E-state index < -0.39 is 6.09 Å². The molecule has 0 saturated carbocycles. The molecule has 0 aromatic heterocycles. The van der Waals surface area contributed by atoms with Crippen LogP contribution in [0.5, 0.6) is 0 Å². The van der Waals surface area contributed by atoms with Crippen molar-refractivity contribution in [3.05, 3.63) is 71.8 Å². The molecule has 19 heavy (non-hydrogen) atoms. The zero-order chi connectivity index (χ0) is 12.8. The van der Waals surface area contributed by atoms with Gasteiger partial charge in [0.25, 0.3) is 0 Å². The number of hydrogen-bond acceptors (Lipinski definition) is 1. The summed E-state index contributed by atoms with van der Waals surface area (Å²) in [7, 11) is 0. The predicted molar refractivity (Wildman–Crippen MR) is 70.2 cm³/mol. The molecule has 2 rings (SSSR count). The number of carbonyl (C=O) groups is 1. The van der Waals surface area contributed by atoms with Gasteiger partial charge >= 0.3 is 6.09 Å². The molecule has 1 amide bonds. The van der Waals surface area contributed by atoms with Crippen molar-refractivity contribution in [2.24, 2.45) is 0 Å². The average Bonchev–Trinajstić information content (AvgIpc) is 2.40. The minimum absolute atomic E-state index is 0. The molecule has 3 nitrogen and oxygen atoms in total. The standard InChI is InChI=1S/C15H15NO2.Nd/c17-15(18)16(11-13-7-3-1-4-8-13)12-14-9-5-2-6-10-14;/h1-10H,11-12H2,(H,17,18);. The maximum absolute atomic E-state index is 11.2. The van der Waals surface area contributed by atoms with Crippen molar-refractivity contribution < 1.29 is 50.7 Å². The van der Waals surface area contributed by atoms with Gasteiger partial charge in [-0.05, 0) is 11.1 Å². The molecule has 2 aromatic carbocycles. The summed E-state index contributed by atoms with van der Waals surface area (Å²) in [5, 5.41) is 9.22. The molecule has 0 saturated heterocycles. The summed E-state index contributed by atoms with van der Waals surface area (Å²) in [6.07, 6.45) is -0.900. The van der Waals surface area contributed by atoms with Crippen molar-refractivity contribution in [3.8, 4) is 0 Å². The first-order valence-corrected chi connectivity index (χ1v) is 5.81. The minimum Gasteiger partial charge on any atom is -0.465 e. The van der Waals surface area contributed by atoms with Crippen molar-refractivity contribution in [2.45, 2.75) is 13.1 Å². The fraction of sp³-hybridized carbons (Fsp3) is 0.133. The second-order valence-electron chi connectivity index (χ2n) is 4.11. The van der Waals surface area contributed by atoms with E-state index >= 15 is 0 Å². The van der Waals surface area contributed by atoms with Gasteiger partial charge in [0.2, 0.25) is 0 Å². The van der Waals surface area contributed by atoms with Gasteiger partial charge in [-0.1, -0.05) is 60.7 Å². The van der Waals surface area contributed by atoms with Crippen molar-refractivity contribution in [3.63, 3.8) is 0 Å². The second-order valence-corrected chi connectivity index (χ2v) is 4.11. The molecular weight excluding hydrogens is 370 g/mol. The molecule has 0 atom stereocenters. The second kappa shape index (κ2) is 8.28. The molecule has 0 aliphatic rings. The minimum atomic E-state index is -0.900. The number of nitrogens with zero attached hydrogens (tertiary/aromatic N) is 1. The van der Waals surface area contributed by atoms with Crippen LogP contribution >= 0.6 is 0 Å². The molecular formula is C15H15NNdO2. The number of carboxylic acid groups (broad SMARTS) is 1. The van der Waals surface area contributed by atoms with Crippen LogP contribution in [0.15, 0.2) is 60.7 Å². The van der Waals surface area contributed by atoms with Crippen LogP contribution in [0.2, 0.25) is 0 Å². The average molecular weight is 386 g/mol. The van der Waals surface area contributed by atoms with Crippen LogP contribution in [0.3, 0.4) is 0 Å². The van der Waals surface area contributed by atoms with Gasteiger partial charge in [-0.15, -0.1) is 0 Å². The third-order valence-corrected chi connectivity index (χ3v) is 2.70. The van der Waals surface area contributed by atoms with E-state index in [2.05, 4.69) is 0 Å². The van der Waals surface area contributed by atoms with Gasteiger partial charge < -0.3 is 5.11 Å². The number of benzene rings is 2. The molecule has 0 heterocycles. The van der Waals surface area contributed by atoms with Crippen LogP contribution in [0.4, 0.5) is 4.79 Å². The van der Waals surface area contributed by atoms with Crippen LogP contribution in [0.25, 0.3) is 0 Å². The van der Waals surface area contributed by atoms with Crippen molar-refractivity contribution in [1.82, 2.24) is 4.90 Å². The van der Waals surface area contributed by atoms with Crippen LogP contribution in [0, 0.1) is 40.8 Å². The summed E-state index contributed by atoms with van der Waals surface area (Å²) >= 11 is 0. The monoisotopic (exact) mass is 383 g/mol. The normalized spacial score (nSPS) is 9.47. The molecule has 0 radical (unpaired) electrons. The zero-order valence-electron chi connectivity index (χ0n) is 10.5. The van der Waals surface area contributed by atoms with E-state index in [0.29, 0.717) is 13.1 Å². The molecule has 0 unspecified atom stereocenters. The van der Waals surface area contributed by atoms with Crippen LogP contribution in [-0.2, 0) is 13.1 Å². The predicted octanol–water partition coefficient (Wildman–Crippen LogP) is 3.37. The largest absolute Gasteiger partial charge is 0.465 e. The summed E-state index contributed by atoms with van der Waals surface area (Å²) in [4.78, 5) is 12.6. The summed E-state index contributed by atoms with van der Waals surface area (Å²) in [6, 6.07) is 19.2. The van der Waals surface area contributed by atoms with E-state index in [9.17, 15) is 9.90 Å². The Bertz CT molecular complexity index is 461. The Morgan fingerprint density at radius 3 is 1.53 bits per heavy atom. The Balaban J connectivity index is 0.00000180. The first-order valence-electron chi connectivity index (χ1n) is 5.81. The Hall–Kier alpha value is -0.939. The van der Waals surface area contributed by atoms with Gasteiger partial charge in [0.1, 0.15) is 0 Å². The van der Waals surface area contributed by atoms with Crippen molar-refractivity contribution >= 4 is 6.09 Å². The van der Waals surface area contributed by atoms with Crippen LogP contribution in [0.1, 0.15) is 11.1 Å².